The van der Waals surface area contributed by atoms with Gasteiger partial charge in [0.1, 0.15) is 6.54 Å². The summed E-state index contributed by atoms with van der Waals surface area (Å²) in [7, 11) is 0. The maximum atomic E-state index is 12.3. The van der Waals surface area contributed by atoms with Crippen LogP contribution in [0.1, 0.15) is 36.2 Å². The smallest absolute Gasteiger partial charge is 0.325 e. The molecule has 0 saturated carbocycles. The summed E-state index contributed by atoms with van der Waals surface area (Å²) in [6.07, 6.45) is 1.63. The monoisotopic (exact) mass is 442 g/mol. The minimum absolute atomic E-state index is 0.320. The van der Waals surface area contributed by atoms with E-state index in [4.69, 9.17) is 14.2 Å². The molecule has 0 aliphatic rings. The second kappa shape index (κ2) is 13.7. The highest BCUT2D eigenvalue weighted by atomic mass is 16.5. The number of rotatable bonds is 13. The van der Waals surface area contributed by atoms with Gasteiger partial charge in [0.05, 0.1) is 13.2 Å². The number of nitrogens with one attached hydrogen (secondary N) is 2. The topological polar surface area (TPSA) is 103 Å². The van der Waals surface area contributed by atoms with Crippen molar-refractivity contribution in [3.05, 3.63) is 59.7 Å². The Labute approximate surface area is 188 Å². The molecule has 2 aromatic carbocycles. The fourth-order valence-electron chi connectivity index (χ4n) is 2.86. The Balaban J connectivity index is 1.68. The van der Waals surface area contributed by atoms with Gasteiger partial charge in [-0.25, -0.2) is 0 Å². The van der Waals surface area contributed by atoms with Gasteiger partial charge in [0.25, 0.3) is 11.8 Å². The lowest BCUT2D eigenvalue weighted by Crippen LogP contribution is -2.34. The lowest BCUT2D eigenvalue weighted by Gasteiger charge is -2.12. The van der Waals surface area contributed by atoms with Crippen LogP contribution in [-0.4, -0.2) is 50.7 Å². The molecule has 0 bridgehead atoms. The fourth-order valence-corrected chi connectivity index (χ4v) is 2.86. The van der Waals surface area contributed by atoms with Gasteiger partial charge in [-0.2, -0.15) is 0 Å². The lowest BCUT2D eigenvalue weighted by molar-refractivity contribution is -0.147. The maximum Gasteiger partial charge on any atom is 0.325 e. The van der Waals surface area contributed by atoms with Gasteiger partial charge in [-0.1, -0.05) is 30.3 Å². The quantitative estimate of drug-likeness (QED) is 0.365. The van der Waals surface area contributed by atoms with E-state index in [9.17, 15) is 14.4 Å². The Bertz CT molecular complexity index is 885. The maximum absolute atomic E-state index is 12.3. The van der Waals surface area contributed by atoms with E-state index in [1.165, 1.54) is 5.56 Å². The van der Waals surface area contributed by atoms with Crippen LogP contribution in [0.3, 0.4) is 0 Å². The molecule has 0 atom stereocenters. The van der Waals surface area contributed by atoms with Gasteiger partial charge in [-0.15, -0.1) is 0 Å². The second-order valence-corrected chi connectivity index (χ2v) is 6.81. The van der Waals surface area contributed by atoms with Crippen molar-refractivity contribution in [2.24, 2.45) is 0 Å². The van der Waals surface area contributed by atoms with Crippen molar-refractivity contribution in [1.29, 1.82) is 0 Å². The number of aryl methyl sites for hydroxylation is 1. The zero-order valence-electron chi connectivity index (χ0n) is 18.5. The molecule has 8 nitrogen and oxygen atoms in total. The van der Waals surface area contributed by atoms with Gasteiger partial charge in [-0.05, 0) is 50.5 Å². The average Bonchev–Trinajstić information content (AvgIpc) is 2.81. The first-order valence-corrected chi connectivity index (χ1v) is 10.7. The molecule has 0 aliphatic carbocycles. The highest BCUT2D eigenvalue weighted by Crippen LogP contribution is 2.28. The molecule has 32 heavy (non-hydrogen) atoms. The highest BCUT2D eigenvalue weighted by Gasteiger charge is 2.14. The third-order valence-electron chi connectivity index (χ3n) is 4.37. The third kappa shape index (κ3) is 8.67. The fraction of sp³-hybridized carbons (Fsp3) is 0.375. The number of hydrogen-bond donors (Lipinski definition) is 2. The zero-order valence-corrected chi connectivity index (χ0v) is 18.5. The van der Waals surface area contributed by atoms with E-state index in [0.717, 1.165) is 12.8 Å². The minimum atomic E-state index is -0.700. The van der Waals surface area contributed by atoms with Crippen molar-refractivity contribution in [3.63, 3.8) is 0 Å². The van der Waals surface area contributed by atoms with Crippen LogP contribution in [-0.2, 0) is 20.7 Å². The Morgan fingerprint density at radius 1 is 0.875 bits per heavy atom. The summed E-state index contributed by atoms with van der Waals surface area (Å²) in [6, 6.07) is 14.7. The Hall–Kier alpha value is -3.55. The zero-order chi connectivity index (χ0) is 23.2. The summed E-state index contributed by atoms with van der Waals surface area (Å²) in [5, 5.41) is 5.18. The molecule has 0 spiro atoms. The normalized spacial score (nSPS) is 10.2. The van der Waals surface area contributed by atoms with Crippen molar-refractivity contribution >= 4 is 17.8 Å². The minimum Gasteiger partial charge on any atom is -0.490 e. The molecule has 0 aromatic heterocycles. The van der Waals surface area contributed by atoms with Crippen LogP contribution in [0.5, 0.6) is 11.5 Å². The molecule has 0 radical (unpaired) electrons. The summed E-state index contributed by atoms with van der Waals surface area (Å²) < 4.78 is 15.9. The van der Waals surface area contributed by atoms with E-state index in [1.54, 1.807) is 18.2 Å². The molecule has 2 amide bonds. The predicted octanol–water partition coefficient (Wildman–Crippen LogP) is 2.51. The number of amides is 2. The molecule has 2 rings (SSSR count). The molecule has 0 aliphatic heterocycles. The third-order valence-corrected chi connectivity index (χ3v) is 4.37. The molecule has 2 aromatic rings. The molecule has 0 heterocycles. The Kier molecular flexibility index (Phi) is 10.6. The van der Waals surface area contributed by atoms with Crippen LogP contribution in [0.25, 0.3) is 0 Å². The van der Waals surface area contributed by atoms with E-state index < -0.39 is 18.5 Å². The number of esters is 1. The number of hydrogen-bond acceptors (Lipinski definition) is 6. The van der Waals surface area contributed by atoms with Gasteiger partial charge in [0.2, 0.25) is 0 Å². The molecular weight excluding hydrogens is 412 g/mol. The van der Waals surface area contributed by atoms with Crippen molar-refractivity contribution in [1.82, 2.24) is 10.6 Å². The van der Waals surface area contributed by atoms with Crippen molar-refractivity contribution in [2.75, 3.05) is 32.9 Å². The van der Waals surface area contributed by atoms with Crippen LogP contribution in [0.15, 0.2) is 48.5 Å². The number of carbonyl (C=O) groups excluding carboxylic acids is 3. The molecular formula is C24H30N2O6. The summed E-state index contributed by atoms with van der Waals surface area (Å²) >= 11 is 0. The predicted molar refractivity (Wildman–Crippen MR) is 120 cm³/mol. The van der Waals surface area contributed by atoms with Gasteiger partial charge in [0, 0.05) is 12.1 Å². The molecule has 2 N–H and O–H groups in total. The van der Waals surface area contributed by atoms with Crippen LogP contribution >= 0.6 is 0 Å². The van der Waals surface area contributed by atoms with Crippen LogP contribution in [0, 0.1) is 0 Å². The van der Waals surface area contributed by atoms with Gasteiger partial charge < -0.3 is 24.8 Å². The summed E-state index contributed by atoms with van der Waals surface area (Å²) in [5.41, 5.74) is 1.52. The summed E-state index contributed by atoms with van der Waals surface area (Å²) in [6.45, 7) is 4.32. The first kappa shape index (κ1) is 24.7. The highest BCUT2D eigenvalue weighted by molar-refractivity contribution is 5.96. The second-order valence-electron chi connectivity index (χ2n) is 6.81. The first-order chi connectivity index (χ1) is 15.5. The SMILES string of the molecule is CCOc1ccc(C(=O)NCC(=O)OCC(=O)NCCCc2ccccc2)cc1OCC. The average molecular weight is 443 g/mol. The van der Waals surface area contributed by atoms with Crippen molar-refractivity contribution in [3.8, 4) is 11.5 Å². The lowest BCUT2D eigenvalue weighted by atomic mass is 10.1. The Morgan fingerprint density at radius 2 is 1.59 bits per heavy atom. The van der Waals surface area contributed by atoms with Gasteiger partial charge >= 0.3 is 5.97 Å². The van der Waals surface area contributed by atoms with Crippen LogP contribution in [0.2, 0.25) is 0 Å². The van der Waals surface area contributed by atoms with Crippen LogP contribution in [0.4, 0.5) is 0 Å². The molecule has 0 saturated heterocycles. The van der Waals surface area contributed by atoms with E-state index in [0.29, 0.717) is 36.8 Å². The summed E-state index contributed by atoms with van der Waals surface area (Å²) in [4.78, 5) is 36.0. The van der Waals surface area contributed by atoms with E-state index in [2.05, 4.69) is 10.6 Å². The number of carbonyl (C=O) groups is 3. The first-order valence-electron chi connectivity index (χ1n) is 10.7. The number of benzene rings is 2. The van der Waals surface area contributed by atoms with Gasteiger partial charge in [-0.3, -0.25) is 14.4 Å². The standard InChI is InChI=1S/C24H30N2O6/c1-3-30-20-13-12-19(15-21(20)31-4-2)24(29)26-16-23(28)32-17-22(27)25-14-8-11-18-9-6-5-7-10-18/h5-7,9-10,12-13,15H,3-4,8,11,14,16-17H2,1-2H3,(H,25,27)(H,26,29). The molecule has 0 fully saturated rings. The van der Waals surface area contributed by atoms with Crippen molar-refractivity contribution in [2.45, 2.75) is 26.7 Å². The number of ether oxygens (including phenoxy) is 3. The Morgan fingerprint density at radius 3 is 2.31 bits per heavy atom. The van der Waals surface area contributed by atoms with E-state index >= 15 is 0 Å². The van der Waals surface area contributed by atoms with E-state index in [-0.39, 0.29) is 12.5 Å². The van der Waals surface area contributed by atoms with E-state index in [1.807, 2.05) is 44.2 Å². The molecule has 172 valence electrons. The van der Waals surface area contributed by atoms with Crippen LogP contribution < -0.4 is 20.1 Å². The molecule has 8 heteroatoms. The molecule has 0 unspecified atom stereocenters. The van der Waals surface area contributed by atoms with Gasteiger partial charge in [0.15, 0.2) is 18.1 Å². The largest absolute Gasteiger partial charge is 0.490 e. The summed E-state index contributed by atoms with van der Waals surface area (Å²) in [5.74, 6) is -0.552. The van der Waals surface area contributed by atoms with Crippen molar-refractivity contribution < 1.29 is 28.6 Å².